The Kier molecular flexibility index (Phi) is 6.06. The summed E-state index contributed by atoms with van der Waals surface area (Å²) in [5, 5.41) is 0. The fourth-order valence-electron chi connectivity index (χ4n) is 2.04. The molecule has 0 aliphatic rings. The van der Waals surface area contributed by atoms with Crippen LogP contribution >= 0.6 is 0 Å². The molecule has 0 saturated carbocycles. The molecule has 1 atom stereocenters. The Morgan fingerprint density at radius 3 is 2.28 bits per heavy atom. The summed E-state index contributed by atoms with van der Waals surface area (Å²) in [6.45, 7) is 7.04. The van der Waals surface area contributed by atoms with Crippen molar-refractivity contribution in [2.24, 2.45) is 11.7 Å². The Bertz CT molecular complexity index is 363. The topological polar surface area (TPSA) is 43.1 Å². The normalized spacial score (nSPS) is 12.7. The van der Waals surface area contributed by atoms with E-state index in [-0.39, 0.29) is 0 Å². The van der Waals surface area contributed by atoms with Crippen molar-refractivity contribution in [1.29, 1.82) is 0 Å². The molecular weight excluding hydrogens is 222 g/mol. The molecule has 0 aliphatic heterocycles. The molecule has 0 aliphatic carbocycles. The highest BCUT2D eigenvalue weighted by atomic mass is 16.1. The van der Waals surface area contributed by atoms with Crippen LogP contribution in [0.2, 0.25) is 0 Å². The number of carbonyl (C=O) groups is 1. The highest BCUT2D eigenvalue weighted by Crippen LogP contribution is 2.16. The lowest BCUT2D eigenvalue weighted by Gasteiger charge is -2.11. The van der Waals surface area contributed by atoms with E-state index in [0.29, 0.717) is 37.0 Å². The van der Waals surface area contributed by atoms with Crippen molar-refractivity contribution in [3.05, 3.63) is 35.4 Å². The van der Waals surface area contributed by atoms with Crippen molar-refractivity contribution >= 4 is 5.78 Å². The van der Waals surface area contributed by atoms with Gasteiger partial charge in [0.15, 0.2) is 0 Å². The zero-order valence-electron chi connectivity index (χ0n) is 11.8. The number of carbonyl (C=O) groups excluding carboxylic acids is 1. The smallest absolute Gasteiger partial charge is 0.137 e. The summed E-state index contributed by atoms with van der Waals surface area (Å²) in [5.74, 6) is 1.17. The summed E-state index contributed by atoms with van der Waals surface area (Å²) < 4.78 is 0. The maximum absolute atomic E-state index is 11.9. The fourth-order valence-corrected chi connectivity index (χ4v) is 2.04. The average Bonchev–Trinajstić information content (AvgIpc) is 2.36. The zero-order valence-corrected chi connectivity index (χ0v) is 11.8. The minimum Gasteiger partial charge on any atom is -0.330 e. The van der Waals surface area contributed by atoms with E-state index in [1.54, 1.807) is 0 Å². The monoisotopic (exact) mass is 247 g/mol. The third-order valence-corrected chi connectivity index (χ3v) is 3.47. The van der Waals surface area contributed by atoms with E-state index in [2.05, 4.69) is 45.0 Å². The molecule has 2 heteroatoms. The van der Waals surface area contributed by atoms with Gasteiger partial charge in [-0.2, -0.15) is 0 Å². The number of ketones is 1. The van der Waals surface area contributed by atoms with Gasteiger partial charge in [0.1, 0.15) is 5.78 Å². The lowest BCUT2D eigenvalue weighted by atomic mass is 9.95. The summed E-state index contributed by atoms with van der Waals surface area (Å²) in [6, 6.07) is 8.37. The van der Waals surface area contributed by atoms with Crippen molar-refractivity contribution in [1.82, 2.24) is 0 Å². The number of benzene rings is 1. The van der Waals surface area contributed by atoms with Gasteiger partial charge >= 0.3 is 0 Å². The molecule has 18 heavy (non-hydrogen) atoms. The molecule has 2 N–H and O–H groups in total. The summed E-state index contributed by atoms with van der Waals surface area (Å²) >= 11 is 0. The first-order valence-electron chi connectivity index (χ1n) is 6.87. The van der Waals surface area contributed by atoms with E-state index in [1.807, 2.05) is 0 Å². The largest absolute Gasteiger partial charge is 0.330 e. The quantitative estimate of drug-likeness (QED) is 0.803. The van der Waals surface area contributed by atoms with Gasteiger partial charge in [-0.1, -0.05) is 51.5 Å². The highest BCUT2D eigenvalue weighted by Gasteiger charge is 2.11. The Morgan fingerprint density at radius 2 is 1.83 bits per heavy atom. The lowest BCUT2D eigenvalue weighted by molar-refractivity contribution is -0.119. The average molecular weight is 247 g/mol. The third kappa shape index (κ3) is 4.61. The minimum atomic E-state index is 0.296. The maximum atomic E-state index is 11.9. The van der Waals surface area contributed by atoms with Gasteiger partial charge in [0.05, 0.1) is 0 Å². The molecular formula is C16H25NO. The van der Waals surface area contributed by atoms with Gasteiger partial charge in [-0.25, -0.2) is 0 Å². The zero-order chi connectivity index (χ0) is 13.5. The van der Waals surface area contributed by atoms with Crippen LogP contribution in [0, 0.1) is 5.92 Å². The van der Waals surface area contributed by atoms with E-state index >= 15 is 0 Å². The Labute approximate surface area is 111 Å². The van der Waals surface area contributed by atoms with Crippen molar-refractivity contribution in [3.8, 4) is 0 Å². The molecule has 0 spiro atoms. The van der Waals surface area contributed by atoms with Crippen LogP contribution in [0.3, 0.4) is 0 Å². The first-order valence-corrected chi connectivity index (χ1v) is 6.87. The van der Waals surface area contributed by atoms with Crippen LogP contribution in [0.1, 0.15) is 50.7 Å². The van der Waals surface area contributed by atoms with Crippen LogP contribution in [0.5, 0.6) is 0 Å². The van der Waals surface area contributed by atoms with Crippen LogP contribution in [0.25, 0.3) is 0 Å². The van der Waals surface area contributed by atoms with Crippen molar-refractivity contribution < 1.29 is 4.79 Å². The molecule has 1 aromatic rings. The lowest BCUT2D eigenvalue weighted by Crippen LogP contribution is -2.18. The van der Waals surface area contributed by atoms with E-state index in [4.69, 9.17) is 5.73 Å². The molecule has 0 heterocycles. The molecule has 1 unspecified atom stereocenters. The van der Waals surface area contributed by atoms with E-state index in [9.17, 15) is 4.79 Å². The number of hydrogen-bond acceptors (Lipinski definition) is 2. The predicted octanol–water partition coefficient (Wildman–Crippen LogP) is 3.30. The van der Waals surface area contributed by atoms with Gasteiger partial charge in [0.2, 0.25) is 0 Å². The van der Waals surface area contributed by atoms with Gasteiger partial charge < -0.3 is 5.73 Å². The number of rotatable bonds is 7. The Balaban J connectivity index is 2.54. The van der Waals surface area contributed by atoms with E-state index in [1.165, 1.54) is 5.56 Å². The second-order valence-electron chi connectivity index (χ2n) is 5.33. The number of hydrogen-bond donors (Lipinski definition) is 1. The second-order valence-corrected chi connectivity index (χ2v) is 5.33. The summed E-state index contributed by atoms with van der Waals surface area (Å²) in [7, 11) is 0. The highest BCUT2D eigenvalue weighted by molar-refractivity contribution is 5.81. The van der Waals surface area contributed by atoms with Gasteiger partial charge in [-0.3, -0.25) is 4.79 Å². The number of nitrogens with two attached hydrogens (primary N) is 1. The fraction of sp³-hybridized carbons (Fsp3) is 0.562. The predicted molar refractivity (Wildman–Crippen MR) is 76.7 cm³/mol. The van der Waals surface area contributed by atoms with Crippen LogP contribution in [0.4, 0.5) is 0 Å². The van der Waals surface area contributed by atoms with Crippen LogP contribution < -0.4 is 5.73 Å². The molecule has 1 aromatic carbocycles. The molecule has 0 saturated heterocycles. The standard InChI is InChI=1S/C16H25NO/c1-4-13(11-17)9-16(18)10-14-5-7-15(8-6-14)12(2)3/h5-8,12-13H,4,9-11,17H2,1-3H3. The molecule has 2 nitrogen and oxygen atoms in total. The first-order chi connectivity index (χ1) is 8.56. The molecule has 0 amide bonds. The molecule has 100 valence electrons. The Morgan fingerprint density at radius 1 is 1.22 bits per heavy atom. The summed E-state index contributed by atoms with van der Waals surface area (Å²) in [4.78, 5) is 11.9. The molecule has 0 bridgehead atoms. The summed E-state index contributed by atoms with van der Waals surface area (Å²) in [5.41, 5.74) is 8.05. The minimum absolute atomic E-state index is 0.296. The van der Waals surface area contributed by atoms with Crippen molar-refractivity contribution in [3.63, 3.8) is 0 Å². The third-order valence-electron chi connectivity index (χ3n) is 3.47. The summed E-state index contributed by atoms with van der Waals surface area (Å²) in [6.07, 6.45) is 2.13. The molecule has 0 aromatic heterocycles. The van der Waals surface area contributed by atoms with Crippen molar-refractivity contribution in [2.45, 2.75) is 46.0 Å². The molecule has 0 radical (unpaired) electrons. The van der Waals surface area contributed by atoms with Gasteiger partial charge in [0.25, 0.3) is 0 Å². The second kappa shape index (κ2) is 7.32. The van der Waals surface area contributed by atoms with Crippen molar-refractivity contribution in [2.75, 3.05) is 6.54 Å². The first kappa shape index (κ1) is 14.9. The molecule has 0 fully saturated rings. The SMILES string of the molecule is CCC(CN)CC(=O)Cc1ccc(C(C)C)cc1. The van der Waals surface area contributed by atoms with Gasteiger partial charge in [-0.05, 0) is 29.5 Å². The molecule has 1 rings (SSSR count). The van der Waals surface area contributed by atoms with Crippen LogP contribution in [-0.2, 0) is 11.2 Å². The van der Waals surface area contributed by atoms with E-state index < -0.39 is 0 Å². The van der Waals surface area contributed by atoms with Crippen LogP contribution in [-0.4, -0.2) is 12.3 Å². The Hall–Kier alpha value is -1.15. The van der Waals surface area contributed by atoms with Gasteiger partial charge in [0, 0.05) is 12.8 Å². The number of Topliss-reactive ketones (excluding diaryl/α,β-unsaturated/α-hetero) is 1. The van der Waals surface area contributed by atoms with Gasteiger partial charge in [-0.15, -0.1) is 0 Å². The van der Waals surface area contributed by atoms with E-state index in [0.717, 1.165) is 12.0 Å². The maximum Gasteiger partial charge on any atom is 0.137 e. The van der Waals surface area contributed by atoms with Crippen LogP contribution in [0.15, 0.2) is 24.3 Å².